The van der Waals surface area contributed by atoms with Crippen molar-refractivity contribution in [2.24, 2.45) is 0 Å². The van der Waals surface area contributed by atoms with Crippen molar-refractivity contribution in [2.45, 2.75) is 57.3 Å². The summed E-state index contributed by atoms with van der Waals surface area (Å²) >= 11 is 0. The van der Waals surface area contributed by atoms with Crippen molar-refractivity contribution in [1.29, 1.82) is 0 Å². The van der Waals surface area contributed by atoms with E-state index in [0.29, 0.717) is 18.2 Å². The maximum Gasteiger partial charge on any atom is 0.0693 e. The Bertz CT molecular complexity index is 184. The third-order valence-corrected chi connectivity index (χ3v) is 3.71. The van der Waals surface area contributed by atoms with E-state index in [9.17, 15) is 0 Å². The molecule has 1 rings (SSSR count). The van der Waals surface area contributed by atoms with Gasteiger partial charge in [-0.05, 0) is 47.2 Å². The molecule has 1 N–H and O–H groups in total. The maximum absolute atomic E-state index is 5.32. The second kappa shape index (κ2) is 5.83. The number of nitrogens with zero attached hydrogens (tertiary/aromatic N) is 1. The van der Waals surface area contributed by atoms with Crippen molar-refractivity contribution in [3.05, 3.63) is 0 Å². The fraction of sp³-hybridized carbons (Fsp3) is 1.00. The van der Waals surface area contributed by atoms with Crippen LogP contribution in [-0.4, -0.2) is 50.3 Å². The van der Waals surface area contributed by atoms with E-state index in [0.717, 1.165) is 6.04 Å². The summed E-state index contributed by atoms with van der Waals surface area (Å²) in [6, 6.07) is 1.87. The summed E-state index contributed by atoms with van der Waals surface area (Å²) < 4.78 is 5.32. The maximum atomic E-state index is 5.32. The predicted octanol–water partition coefficient (Wildman–Crippen LogP) is 1.48. The van der Waals surface area contributed by atoms with Gasteiger partial charge in [0.15, 0.2) is 0 Å². The Hall–Kier alpha value is -0.120. The first-order valence-corrected chi connectivity index (χ1v) is 5.99. The lowest BCUT2D eigenvalue weighted by Crippen LogP contribution is -2.42. The summed E-state index contributed by atoms with van der Waals surface area (Å²) in [5.74, 6) is 0. The molecule has 0 aromatic rings. The Morgan fingerprint density at radius 2 is 1.93 bits per heavy atom. The van der Waals surface area contributed by atoms with E-state index in [1.165, 1.54) is 19.3 Å². The van der Waals surface area contributed by atoms with Crippen molar-refractivity contribution in [2.75, 3.05) is 21.2 Å². The van der Waals surface area contributed by atoms with E-state index in [1.54, 1.807) is 7.11 Å². The molecule has 0 aliphatic heterocycles. The Balaban J connectivity index is 2.29. The predicted molar refractivity (Wildman–Crippen MR) is 64.2 cm³/mol. The fourth-order valence-corrected chi connectivity index (χ4v) is 2.29. The van der Waals surface area contributed by atoms with Gasteiger partial charge in [0.2, 0.25) is 0 Å². The SMILES string of the molecule is COC(C)C(C)NC1CCC(N(C)C)C1. The number of methoxy groups -OCH3 is 1. The smallest absolute Gasteiger partial charge is 0.0693 e. The molecule has 4 atom stereocenters. The van der Waals surface area contributed by atoms with E-state index in [1.807, 2.05) is 0 Å². The fourth-order valence-electron chi connectivity index (χ4n) is 2.29. The number of ether oxygens (including phenoxy) is 1. The van der Waals surface area contributed by atoms with Gasteiger partial charge in [-0.25, -0.2) is 0 Å². The zero-order chi connectivity index (χ0) is 11.4. The Kier molecular flexibility index (Phi) is 5.03. The number of hydrogen-bond donors (Lipinski definition) is 1. The third-order valence-electron chi connectivity index (χ3n) is 3.71. The largest absolute Gasteiger partial charge is 0.380 e. The molecule has 1 saturated carbocycles. The zero-order valence-electron chi connectivity index (χ0n) is 10.8. The molecule has 3 nitrogen and oxygen atoms in total. The Labute approximate surface area is 94.2 Å². The second-order valence-corrected chi connectivity index (χ2v) is 5.02. The lowest BCUT2D eigenvalue weighted by molar-refractivity contribution is 0.0843. The summed E-state index contributed by atoms with van der Waals surface area (Å²) in [5, 5.41) is 3.66. The molecule has 0 spiro atoms. The van der Waals surface area contributed by atoms with Crippen LogP contribution in [-0.2, 0) is 4.74 Å². The average molecular weight is 214 g/mol. The van der Waals surface area contributed by atoms with Gasteiger partial charge in [-0.15, -0.1) is 0 Å². The molecule has 0 bridgehead atoms. The van der Waals surface area contributed by atoms with Crippen LogP contribution in [0.4, 0.5) is 0 Å². The van der Waals surface area contributed by atoms with Crippen LogP contribution in [0, 0.1) is 0 Å². The van der Waals surface area contributed by atoms with Crippen LogP contribution in [0.3, 0.4) is 0 Å². The van der Waals surface area contributed by atoms with Gasteiger partial charge < -0.3 is 15.0 Å². The van der Waals surface area contributed by atoms with Crippen molar-refractivity contribution < 1.29 is 4.74 Å². The summed E-state index contributed by atoms with van der Waals surface area (Å²) in [7, 11) is 6.13. The van der Waals surface area contributed by atoms with Gasteiger partial charge in [-0.2, -0.15) is 0 Å². The lowest BCUT2D eigenvalue weighted by atomic mass is 10.1. The molecule has 0 aromatic carbocycles. The number of hydrogen-bond acceptors (Lipinski definition) is 3. The van der Waals surface area contributed by atoms with E-state index in [4.69, 9.17) is 4.74 Å². The topological polar surface area (TPSA) is 24.5 Å². The molecular weight excluding hydrogens is 188 g/mol. The monoisotopic (exact) mass is 214 g/mol. The minimum Gasteiger partial charge on any atom is -0.380 e. The molecule has 1 fully saturated rings. The first-order valence-electron chi connectivity index (χ1n) is 5.99. The van der Waals surface area contributed by atoms with Crippen LogP contribution >= 0.6 is 0 Å². The second-order valence-electron chi connectivity index (χ2n) is 5.02. The van der Waals surface area contributed by atoms with Crippen molar-refractivity contribution in [3.63, 3.8) is 0 Å². The van der Waals surface area contributed by atoms with Gasteiger partial charge in [0.05, 0.1) is 6.10 Å². The van der Waals surface area contributed by atoms with E-state index in [2.05, 4.69) is 38.2 Å². The molecule has 90 valence electrons. The zero-order valence-corrected chi connectivity index (χ0v) is 10.8. The molecule has 15 heavy (non-hydrogen) atoms. The summed E-state index contributed by atoms with van der Waals surface area (Å²) in [6.45, 7) is 4.33. The highest BCUT2D eigenvalue weighted by molar-refractivity contribution is 4.87. The molecule has 4 unspecified atom stereocenters. The summed E-state index contributed by atoms with van der Waals surface area (Å²) in [4.78, 5) is 2.34. The minimum atomic E-state index is 0.295. The summed E-state index contributed by atoms with van der Waals surface area (Å²) in [6.07, 6.45) is 4.18. The number of nitrogens with one attached hydrogen (secondary N) is 1. The van der Waals surface area contributed by atoms with Gasteiger partial charge >= 0.3 is 0 Å². The molecule has 0 radical (unpaired) electrons. The molecule has 0 heterocycles. The average Bonchev–Trinajstić information content (AvgIpc) is 2.65. The van der Waals surface area contributed by atoms with Gasteiger partial charge in [-0.1, -0.05) is 0 Å². The Morgan fingerprint density at radius 3 is 2.40 bits per heavy atom. The quantitative estimate of drug-likeness (QED) is 0.750. The lowest BCUT2D eigenvalue weighted by Gasteiger charge is -2.25. The van der Waals surface area contributed by atoms with Gasteiger partial charge in [-0.3, -0.25) is 0 Å². The van der Waals surface area contributed by atoms with Crippen molar-refractivity contribution >= 4 is 0 Å². The van der Waals surface area contributed by atoms with Gasteiger partial charge in [0.1, 0.15) is 0 Å². The van der Waals surface area contributed by atoms with Crippen LogP contribution in [0.2, 0.25) is 0 Å². The molecule has 0 amide bonds. The molecule has 0 aromatic heterocycles. The van der Waals surface area contributed by atoms with Crippen LogP contribution in [0.1, 0.15) is 33.1 Å². The van der Waals surface area contributed by atoms with Gasteiger partial charge in [0.25, 0.3) is 0 Å². The van der Waals surface area contributed by atoms with Crippen LogP contribution in [0.5, 0.6) is 0 Å². The highest BCUT2D eigenvalue weighted by Gasteiger charge is 2.27. The first-order chi connectivity index (χ1) is 7.04. The van der Waals surface area contributed by atoms with E-state index in [-0.39, 0.29) is 0 Å². The molecule has 1 aliphatic carbocycles. The standard InChI is InChI=1S/C12H26N2O/c1-9(10(2)15-5)13-11-6-7-12(8-11)14(3)4/h9-13H,6-8H2,1-5H3. The highest BCUT2D eigenvalue weighted by Crippen LogP contribution is 2.23. The van der Waals surface area contributed by atoms with Crippen LogP contribution in [0.15, 0.2) is 0 Å². The van der Waals surface area contributed by atoms with E-state index < -0.39 is 0 Å². The molecule has 0 saturated heterocycles. The Morgan fingerprint density at radius 1 is 1.27 bits per heavy atom. The van der Waals surface area contributed by atoms with Crippen molar-refractivity contribution in [1.82, 2.24) is 10.2 Å². The van der Waals surface area contributed by atoms with E-state index >= 15 is 0 Å². The molecule has 3 heteroatoms. The molecular formula is C12H26N2O. The van der Waals surface area contributed by atoms with Crippen LogP contribution < -0.4 is 5.32 Å². The van der Waals surface area contributed by atoms with Crippen LogP contribution in [0.25, 0.3) is 0 Å². The first kappa shape index (κ1) is 12.9. The number of rotatable bonds is 5. The minimum absolute atomic E-state index is 0.295. The summed E-state index contributed by atoms with van der Waals surface area (Å²) in [5.41, 5.74) is 0. The van der Waals surface area contributed by atoms with Crippen molar-refractivity contribution in [3.8, 4) is 0 Å². The third kappa shape index (κ3) is 3.74. The highest BCUT2D eigenvalue weighted by atomic mass is 16.5. The normalized spacial score (nSPS) is 30.8. The molecule has 1 aliphatic rings. The van der Waals surface area contributed by atoms with Gasteiger partial charge in [0, 0.05) is 25.2 Å².